The topological polar surface area (TPSA) is 72.3 Å². The van der Waals surface area contributed by atoms with E-state index in [-0.39, 0.29) is 5.56 Å². The van der Waals surface area contributed by atoms with Crippen LogP contribution in [0, 0.1) is 0 Å². The zero-order valence-electron chi connectivity index (χ0n) is 8.16. The van der Waals surface area contributed by atoms with Gasteiger partial charge in [-0.05, 0) is 6.07 Å². The molecule has 0 atom stereocenters. The van der Waals surface area contributed by atoms with Crippen molar-refractivity contribution in [2.24, 2.45) is 0 Å². The number of hydrogen-bond acceptors (Lipinski definition) is 5. The summed E-state index contributed by atoms with van der Waals surface area (Å²) in [6.07, 6.45) is 4.47. The van der Waals surface area contributed by atoms with E-state index in [2.05, 4.69) is 9.97 Å². The van der Waals surface area contributed by atoms with Crippen LogP contribution < -0.4 is 4.74 Å². The molecule has 0 radical (unpaired) electrons. The highest BCUT2D eigenvalue weighted by Gasteiger charge is 2.05. The Morgan fingerprint density at radius 3 is 2.94 bits per heavy atom. The van der Waals surface area contributed by atoms with Gasteiger partial charge in [0.05, 0.1) is 22.1 Å². The molecular formula is C10H8N2O3S. The fourth-order valence-electron chi connectivity index (χ4n) is 1.08. The van der Waals surface area contributed by atoms with Gasteiger partial charge in [-0.15, -0.1) is 11.3 Å². The van der Waals surface area contributed by atoms with Gasteiger partial charge in [0.25, 0.3) is 0 Å². The molecule has 2 rings (SSSR count). The molecule has 0 aliphatic heterocycles. The van der Waals surface area contributed by atoms with Gasteiger partial charge in [-0.3, -0.25) is 9.97 Å². The minimum Gasteiger partial charge on any atom is -0.486 e. The molecule has 0 amide bonds. The molecule has 0 spiro atoms. The molecule has 0 fully saturated rings. The minimum atomic E-state index is -1.02. The second-order valence-electron chi connectivity index (χ2n) is 2.97. The molecule has 16 heavy (non-hydrogen) atoms. The zero-order valence-corrected chi connectivity index (χ0v) is 8.98. The number of aromatic nitrogens is 2. The van der Waals surface area contributed by atoms with E-state index in [4.69, 9.17) is 9.84 Å². The zero-order chi connectivity index (χ0) is 11.4. The first-order valence-corrected chi connectivity index (χ1v) is 5.32. The van der Waals surface area contributed by atoms with Crippen molar-refractivity contribution in [3.8, 4) is 5.75 Å². The minimum absolute atomic E-state index is 0.113. The van der Waals surface area contributed by atoms with E-state index >= 15 is 0 Å². The molecule has 2 aromatic heterocycles. The van der Waals surface area contributed by atoms with Gasteiger partial charge in [-0.2, -0.15) is 0 Å². The molecular weight excluding hydrogens is 228 g/mol. The van der Waals surface area contributed by atoms with Gasteiger partial charge in [0.2, 0.25) is 0 Å². The van der Waals surface area contributed by atoms with Crippen LogP contribution in [0.2, 0.25) is 0 Å². The summed E-state index contributed by atoms with van der Waals surface area (Å²) in [4.78, 5) is 19.4. The largest absolute Gasteiger partial charge is 0.486 e. The highest BCUT2D eigenvalue weighted by atomic mass is 32.1. The van der Waals surface area contributed by atoms with Crippen molar-refractivity contribution in [1.29, 1.82) is 0 Å². The summed E-state index contributed by atoms with van der Waals surface area (Å²) in [7, 11) is 0. The molecule has 0 unspecified atom stereocenters. The number of carboxylic acid groups (broad SMARTS) is 1. The number of aromatic carboxylic acids is 1. The molecule has 0 bridgehead atoms. The van der Waals surface area contributed by atoms with Gasteiger partial charge >= 0.3 is 5.97 Å². The molecule has 5 nitrogen and oxygen atoms in total. The third-order valence-electron chi connectivity index (χ3n) is 1.82. The predicted octanol–water partition coefficient (Wildman–Crippen LogP) is 1.82. The Bertz CT molecular complexity index is 485. The number of ether oxygens (including phenoxy) is 1. The SMILES string of the molecule is O=C(O)c1cncc(OCc2cncs2)c1. The monoisotopic (exact) mass is 236 g/mol. The first kappa shape index (κ1) is 10.6. The normalized spacial score (nSPS) is 10.0. The molecule has 0 aromatic carbocycles. The highest BCUT2D eigenvalue weighted by Crippen LogP contribution is 2.14. The van der Waals surface area contributed by atoms with E-state index in [1.165, 1.54) is 29.8 Å². The first-order chi connectivity index (χ1) is 7.75. The summed E-state index contributed by atoms with van der Waals surface area (Å²) >= 11 is 1.48. The Balaban J connectivity index is 2.04. The lowest BCUT2D eigenvalue weighted by atomic mass is 10.3. The average molecular weight is 236 g/mol. The number of hydrogen-bond donors (Lipinski definition) is 1. The molecule has 0 aliphatic rings. The van der Waals surface area contributed by atoms with Crippen LogP contribution in [-0.2, 0) is 6.61 Å². The quantitative estimate of drug-likeness (QED) is 0.876. The van der Waals surface area contributed by atoms with Crippen LogP contribution in [-0.4, -0.2) is 21.0 Å². The van der Waals surface area contributed by atoms with Gasteiger partial charge in [-0.25, -0.2) is 4.79 Å². The Morgan fingerprint density at radius 2 is 2.25 bits per heavy atom. The maximum atomic E-state index is 10.7. The molecule has 0 saturated heterocycles. The number of nitrogens with zero attached hydrogens (tertiary/aromatic N) is 2. The van der Waals surface area contributed by atoms with E-state index in [0.717, 1.165) is 4.88 Å². The van der Waals surface area contributed by atoms with Crippen molar-refractivity contribution in [3.05, 3.63) is 40.6 Å². The van der Waals surface area contributed by atoms with Crippen molar-refractivity contribution in [3.63, 3.8) is 0 Å². The summed E-state index contributed by atoms with van der Waals surface area (Å²) in [5, 5.41) is 8.76. The van der Waals surface area contributed by atoms with Crippen molar-refractivity contribution in [1.82, 2.24) is 9.97 Å². The first-order valence-electron chi connectivity index (χ1n) is 4.44. The maximum Gasteiger partial charge on any atom is 0.337 e. The van der Waals surface area contributed by atoms with Crippen LogP contribution in [0.3, 0.4) is 0 Å². The second kappa shape index (κ2) is 4.71. The molecule has 1 N–H and O–H groups in total. The van der Waals surface area contributed by atoms with E-state index in [0.29, 0.717) is 12.4 Å². The summed E-state index contributed by atoms with van der Waals surface area (Å²) in [6.45, 7) is 0.370. The summed E-state index contributed by atoms with van der Waals surface area (Å²) in [5.74, 6) is -0.580. The Morgan fingerprint density at radius 1 is 1.38 bits per heavy atom. The fraction of sp³-hybridized carbons (Fsp3) is 0.100. The average Bonchev–Trinajstić information content (AvgIpc) is 2.79. The summed E-state index contributed by atoms with van der Waals surface area (Å²) in [5.41, 5.74) is 1.83. The van der Waals surface area contributed by atoms with Crippen LogP contribution in [0.15, 0.2) is 30.2 Å². The smallest absolute Gasteiger partial charge is 0.337 e. The second-order valence-corrected chi connectivity index (χ2v) is 3.94. The van der Waals surface area contributed by atoms with E-state index in [1.54, 1.807) is 11.7 Å². The highest BCUT2D eigenvalue weighted by molar-refractivity contribution is 7.09. The van der Waals surface area contributed by atoms with Crippen LogP contribution in [0.5, 0.6) is 5.75 Å². The van der Waals surface area contributed by atoms with Gasteiger partial charge in [-0.1, -0.05) is 0 Å². The summed E-state index contributed by atoms with van der Waals surface area (Å²) < 4.78 is 5.39. The molecule has 0 aliphatic carbocycles. The van der Waals surface area contributed by atoms with Crippen LogP contribution in [0.4, 0.5) is 0 Å². The van der Waals surface area contributed by atoms with Gasteiger partial charge < -0.3 is 9.84 Å². The number of carbonyl (C=O) groups is 1. The molecule has 0 saturated carbocycles. The standard InChI is InChI=1S/C10H8N2O3S/c13-10(14)7-1-8(3-11-2-7)15-5-9-4-12-6-16-9/h1-4,6H,5H2,(H,13,14). The lowest BCUT2D eigenvalue weighted by molar-refractivity contribution is 0.0696. The third-order valence-corrected chi connectivity index (χ3v) is 2.58. The van der Waals surface area contributed by atoms with Crippen LogP contribution in [0.25, 0.3) is 0 Å². The fourth-order valence-corrected chi connectivity index (χ4v) is 1.59. The number of carboxylic acids is 1. The van der Waals surface area contributed by atoms with Gasteiger partial charge in [0.1, 0.15) is 12.4 Å². The lowest BCUT2D eigenvalue weighted by Gasteiger charge is -2.03. The Kier molecular flexibility index (Phi) is 3.11. The summed E-state index contributed by atoms with van der Waals surface area (Å²) in [6, 6.07) is 1.44. The molecule has 2 aromatic rings. The Labute approximate surface area is 95.4 Å². The van der Waals surface area contributed by atoms with E-state index in [1.807, 2.05) is 0 Å². The Hall–Kier alpha value is -1.95. The number of rotatable bonds is 4. The van der Waals surface area contributed by atoms with Crippen molar-refractivity contribution in [2.45, 2.75) is 6.61 Å². The van der Waals surface area contributed by atoms with E-state index in [9.17, 15) is 4.79 Å². The number of thiazole rings is 1. The number of pyridine rings is 1. The molecule has 2 heterocycles. The molecule has 82 valence electrons. The van der Waals surface area contributed by atoms with Gasteiger partial charge in [0, 0.05) is 12.4 Å². The molecule has 6 heteroatoms. The van der Waals surface area contributed by atoms with E-state index < -0.39 is 5.97 Å². The van der Waals surface area contributed by atoms with Gasteiger partial charge in [0.15, 0.2) is 0 Å². The predicted molar refractivity (Wildman–Crippen MR) is 57.6 cm³/mol. The van der Waals surface area contributed by atoms with Crippen molar-refractivity contribution >= 4 is 17.3 Å². The van der Waals surface area contributed by atoms with Crippen molar-refractivity contribution in [2.75, 3.05) is 0 Å². The van der Waals surface area contributed by atoms with Crippen molar-refractivity contribution < 1.29 is 14.6 Å². The lowest BCUT2D eigenvalue weighted by Crippen LogP contribution is -1.99. The van der Waals surface area contributed by atoms with Crippen LogP contribution in [0.1, 0.15) is 15.2 Å². The third kappa shape index (κ3) is 2.54. The van der Waals surface area contributed by atoms with Crippen LogP contribution >= 0.6 is 11.3 Å². The maximum absolute atomic E-state index is 10.7.